The summed E-state index contributed by atoms with van der Waals surface area (Å²) < 4.78 is 7.60. The van der Waals surface area contributed by atoms with Crippen molar-refractivity contribution in [3.8, 4) is 0 Å². The Morgan fingerprint density at radius 3 is 2.86 bits per heavy atom. The number of aromatic nitrogens is 3. The molecule has 1 aliphatic heterocycles. The van der Waals surface area contributed by atoms with E-state index >= 15 is 0 Å². The summed E-state index contributed by atoms with van der Waals surface area (Å²) in [7, 11) is 0. The standard InChI is InChI=1S/C20H25N5O2S2/c26-18(21-9-8-17-7-5-13-28-17)15-29-20-23-22-19(24-10-2-1-3-11-24)25(20)14-16-6-4-12-27-16/h4-7,12-13H,1-3,8-11,14-15H2,(H,21,26). The van der Waals surface area contributed by atoms with E-state index in [-0.39, 0.29) is 5.91 Å². The van der Waals surface area contributed by atoms with Gasteiger partial charge in [-0.2, -0.15) is 0 Å². The first-order valence-corrected chi connectivity index (χ1v) is 11.8. The maximum absolute atomic E-state index is 12.3. The summed E-state index contributed by atoms with van der Waals surface area (Å²) in [6.07, 6.45) is 6.14. The Bertz CT molecular complexity index is 886. The summed E-state index contributed by atoms with van der Waals surface area (Å²) >= 11 is 3.13. The number of carbonyl (C=O) groups excluding carboxylic acids is 1. The van der Waals surface area contributed by atoms with Gasteiger partial charge in [0.05, 0.1) is 18.6 Å². The first kappa shape index (κ1) is 20.0. The van der Waals surface area contributed by atoms with E-state index in [4.69, 9.17) is 4.42 Å². The van der Waals surface area contributed by atoms with E-state index in [0.717, 1.165) is 36.4 Å². The summed E-state index contributed by atoms with van der Waals surface area (Å²) in [6, 6.07) is 7.95. The van der Waals surface area contributed by atoms with E-state index in [1.807, 2.05) is 18.2 Å². The van der Waals surface area contributed by atoms with Crippen LogP contribution < -0.4 is 10.2 Å². The number of thioether (sulfide) groups is 1. The number of nitrogens with one attached hydrogen (secondary N) is 1. The molecule has 154 valence electrons. The first-order chi connectivity index (χ1) is 14.3. The van der Waals surface area contributed by atoms with Crippen LogP contribution in [0.15, 0.2) is 45.5 Å². The SMILES string of the molecule is O=C(CSc1nnc(N2CCCCC2)n1Cc1ccco1)NCCc1cccs1. The van der Waals surface area contributed by atoms with E-state index in [1.54, 1.807) is 17.6 Å². The van der Waals surface area contributed by atoms with Gasteiger partial charge in [0.2, 0.25) is 11.9 Å². The van der Waals surface area contributed by atoms with Crippen LogP contribution in [0.3, 0.4) is 0 Å². The molecular weight excluding hydrogens is 406 g/mol. The summed E-state index contributed by atoms with van der Waals surface area (Å²) in [6.45, 7) is 3.19. The molecule has 4 rings (SSSR count). The molecule has 0 aromatic carbocycles. The fraction of sp³-hybridized carbons (Fsp3) is 0.450. The van der Waals surface area contributed by atoms with Gasteiger partial charge in [0.25, 0.3) is 0 Å². The fourth-order valence-electron chi connectivity index (χ4n) is 3.37. The highest BCUT2D eigenvalue weighted by Gasteiger charge is 2.21. The third-order valence-electron chi connectivity index (χ3n) is 4.84. The Labute approximate surface area is 178 Å². The highest BCUT2D eigenvalue weighted by Crippen LogP contribution is 2.25. The number of furan rings is 1. The number of hydrogen-bond acceptors (Lipinski definition) is 7. The molecule has 0 saturated carbocycles. The lowest BCUT2D eigenvalue weighted by Crippen LogP contribution is -2.32. The Morgan fingerprint density at radius 1 is 1.21 bits per heavy atom. The van der Waals surface area contributed by atoms with Crippen molar-refractivity contribution in [1.29, 1.82) is 0 Å². The molecule has 3 aromatic rings. The van der Waals surface area contributed by atoms with Gasteiger partial charge in [-0.15, -0.1) is 21.5 Å². The maximum atomic E-state index is 12.3. The predicted molar refractivity (Wildman–Crippen MR) is 116 cm³/mol. The van der Waals surface area contributed by atoms with E-state index in [2.05, 4.69) is 36.4 Å². The van der Waals surface area contributed by atoms with Crippen molar-refractivity contribution in [1.82, 2.24) is 20.1 Å². The Hall–Kier alpha value is -2.26. The molecule has 1 amide bonds. The summed E-state index contributed by atoms with van der Waals surface area (Å²) in [5.41, 5.74) is 0. The molecular formula is C20H25N5O2S2. The van der Waals surface area contributed by atoms with Crippen molar-refractivity contribution in [3.63, 3.8) is 0 Å². The Morgan fingerprint density at radius 2 is 2.10 bits per heavy atom. The number of rotatable bonds is 9. The second kappa shape index (κ2) is 9.98. The van der Waals surface area contributed by atoms with Crippen molar-refractivity contribution >= 4 is 35.0 Å². The van der Waals surface area contributed by atoms with Gasteiger partial charge >= 0.3 is 0 Å². The number of carbonyl (C=O) groups is 1. The zero-order chi connectivity index (χ0) is 19.9. The molecule has 0 aliphatic carbocycles. The zero-order valence-electron chi connectivity index (χ0n) is 16.2. The fourth-order valence-corrected chi connectivity index (χ4v) is 4.85. The summed E-state index contributed by atoms with van der Waals surface area (Å²) in [5, 5.41) is 14.6. The van der Waals surface area contributed by atoms with E-state index < -0.39 is 0 Å². The monoisotopic (exact) mass is 431 g/mol. The van der Waals surface area contributed by atoms with Crippen LogP contribution in [-0.2, 0) is 17.8 Å². The summed E-state index contributed by atoms with van der Waals surface area (Å²) in [5.74, 6) is 2.05. The van der Waals surface area contributed by atoms with Crippen LogP contribution in [0, 0.1) is 0 Å². The quantitative estimate of drug-likeness (QED) is 0.523. The lowest BCUT2D eigenvalue weighted by Gasteiger charge is -2.27. The average molecular weight is 432 g/mol. The van der Waals surface area contributed by atoms with Crippen LogP contribution in [-0.4, -0.2) is 46.1 Å². The Kier molecular flexibility index (Phi) is 6.89. The molecule has 1 aliphatic rings. The third kappa shape index (κ3) is 5.42. The molecule has 4 heterocycles. The van der Waals surface area contributed by atoms with Gasteiger partial charge in [0.15, 0.2) is 5.16 Å². The van der Waals surface area contributed by atoms with Gasteiger partial charge in [-0.1, -0.05) is 17.8 Å². The molecule has 0 unspecified atom stereocenters. The van der Waals surface area contributed by atoms with Crippen LogP contribution >= 0.6 is 23.1 Å². The van der Waals surface area contributed by atoms with Crippen LogP contribution in [0.1, 0.15) is 29.9 Å². The lowest BCUT2D eigenvalue weighted by atomic mass is 10.1. The van der Waals surface area contributed by atoms with Gasteiger partial charge in [-0.25, -0.2) is 0 Å². The number of anilines is 1. The largest absolute Gasteiger partial charge is 0.467 e. The molecule has 29 heavy (non-hydrogen) atoms. The molecule has 9 heteroatoms. The van der Waals surface area contributed by atoms with E-state index in [1.165, 1.54) is 35.9 Å². The lowest BCUT2D eigenvalue weighted by molar-refractivity contribution is -0.118. The molecule has 1 N–H and O–H groups in total. The van der Waals surface area contributed by atoms with Crippen molar-refractivity contribution in [2.45, 2.75) is 37.4 Å². The number of thiophene rings is 1. The number of piperidine rings is 1. The number of nitrogens with zero attached hydrogens (tertiary/aromatic N) is 4. The van der Waals surface area contributed by atoms with Gasteiger partial charge in [-0.3, -0.25) is 9.36 Å². The molecule has 3 aromatic heterocycles. The number of hydrogen-bond donors (Lipinski definition) is 1. The minimum atomic E-state index is 0.0126. The molecule has 7 nitrogen and oxygen atoms in total. The van der Waals surface area contributed by atoms with Gasteiger partial charge in [-0.05, 0) is 49.3 Å². The topological polar surface area (TPSA) is 76.2 Å². The molecule has 1 fully saturated rings. The van der Waals surface area contributed by atoms with E-state index in [0.29, 0.717) is 18.8 Å². The summed E-state index contributed by atoms with van der Waals surface area (Å²) in [4.78, 5) is 15.8. The van der Waals surface area contributed by atoms with Crippen LogP contribution in [0.4, 0.5) is 5.95 Å². The van der Waals surface area contributed by atoms with Crippen LogP contribution in [0.5, 0.6) is 0 Å². The highest BCUT2D eigenvalue weighted by molar-refractivity contribution is 7.99. The predicted octanol–water partition coefficient (Wildman–Crippen LogP) is 3.42. The maximum Gasteiger partial charge on any atom is 0.230 e. The van der Waals surface area contributed by atoms with Crippen molar-refractivity contribution in [3.05, 3.63) is 46.5 Å². The highest BCUT2D eigenvalue weighted by atomic mass is 32.2. The average Bonchev–Trinajstić information content (AvgIpc) is 3.50. The molecule has 0 spiro atoms. The Balaban J connectivity index is 1.37. The smallest absolute Gasteiger partial charge is 0.230 e. The van der Waals surface area contributed by atoms with Crippen molar-refractivity contribution in [2.75, 3.05) is 30.3 Å². The van der Waals surface area contributed by atoms with Gasteiger partial charge < -0.3 is 14.6 Å². The zero-order valence-corrected chi connectivity index (χ0v) is 17.9. The second-order valence-corrected chi connectivity index (χ2v) is 8.94. The number of amides is 1. The molecule has 0 radical (unpaired) electrons. The van der Waals surface area contributed by atoms with Crippen LogP contribution in [0.2, 0.25) is 0 Å². The van der Waals surface area contributed by atoms with Crippen molar-refractivity contribution in [2.24, 2.45) is 0 Å². The minimum absolute atomic E-state index is 0.0126. The first-order valence-electron chi connectivity index (χ1n) is 9.92. The second-order valence-electron chi connectivity index (χ2n) is 6.96. The van der Waals surface area contributed by atoms with Crippen molar-refractivity contribution < 1.29 is 9.21 Å². The van der Waals surface area contributed by atoms with Gasteiger partial charge in [0.1, 0.15) is 5.76 Å². The van der Waals surface area contributed by atoms with Gasteiger partial charge in [0, 0.05) is 24.5 Å². The third-order valence-corrected chi connectivity index (χ3v) is 6.74. The van der Waals surface area contributed by atoms with Crippen LogP contribution in [0.25, 0.3) is 0 Å². The molecule has 1 saturated heterocycles. The molecule has 0 bridgehead atoms. The minimum Gasteiger partial charge on any atom is -0.467 e. The normalized spacial score (nSPS) is 14.3. The van der Waals surface area contributed by atoms with E-state index in [9.17, 15) is 4.79 Å². The molecule has 0 atom stereocenters.